The average Bonchev–Trinajstić information content (AvgIpc) is 4.05. The van der Waals surface area contributed by atoms with Crippen molar-refractivity contribution in [1.29, 1.82) is 0 Å². The summed E-state index contributed by atoms with van der Waals surface area (Å²) in [6.07, 6.45) is 1.69. The van der Waals surface area contributed by atoms with E-state index in [1.165, 1.54) is 60.0 Å². The lowest BCUT2D eigenvalue weighted by Gasteiger charge is -2.54. The third-order valence-corrected chi connectivity index (χ3v) is 16.9. The zero-order chi connectivity index (χ0) is 51.4. The minimum absolute atomic E-state index is 0.0234. The second-order valence-electron chi connectivity index (χ2n) is 19.0. The fourth-order valence-corrected chi connectivity index (χ4v) is 12.9. The number of hydrogen-bond donors (Lipinski definition) is 2. The second kappa shape index (κ2) is 21.3. The maximum Gasteiger partial charge on any atom is 0.353 e. The van der Waals surface area contributed by atoms with Gasteiger partial charge >= 0.3 is 11.9 Å². The molecule has 3 aromatic heterocycles. The third kappa shape index (κ3) is 11.1. The van der Waals surface area contributed by atoms with E-state index in [-0.39, 0.29) is 42.0 Å². The zero-order valence-electron chi connectivity index (χ0n) is 40.9. The first-order valence-corrected chi connectivity index (χ1v) is 27.1. The lowest BCUT2D eigenvalue weighted by Crippen LogP contribution is -2.74. The third-order valence-electron chi connectivity index (χ3n) is 12.1. The van der Waals surface area contributed by atoms with Gasteiger partial charge in [0.2, 0.25) is 11.5 Å². The first-order chi connectivity index (χ1) is 35.1. The van der Waals surface area contributed by atoms with Crippen LogP contribution >= 0.6 is 46.2 Å². The van der Waals surface area contributed by atoms with Crippen LogP contribution in [0.5, 0.6) is 5.75 Å². The van der Waals surface area contributed by atoms with Gasteiger partial charge in [0.1, 0.15) is 46.0 Å². The maximum atomic E-state index is 14.7. The van der Waals surface area contributed by atoms with Crippen molar-refractivity contribution in [3.63, 3.8) is 0 Å². The van der Waals surface area contributed by atoms with E-state index in [4.69, 9.17) is 24.0 Å². The average molecular weight is 1060 g/mol. The number of benzene rings is 4. The number of carbonyl (C=O) groups excluding carboxylic acids is 4. The quantitative estimate of drug-likeness (QED) is 0.0207. The number of hydrogen-bond acceptors (Lipinski definition) is 17. The van der Waals surface area contributed by atoms with Crippen molar-refractivity contribution in [3.05, 3.63) is 167 Å². The molecule has 9 rings (SSSR count). The van der Waals surface area contributed by atoms with E-state index in [0.29, 0.717) is 16.5 Å². The van der Waals surface area contributed by atoms with Gasteiger partial charge in [-0.3, -0.25) is 14.4 Å². The summed E-state index contributed by atoms with van der Waals surface area (Å²) < 4.78 is 18.6. The van der Waals surface area contributed by atoms with Crippen LogP contribution in [-0.2, 0) is 45.6 Å². The molecule has 0 radical (unpaired) electrons. The lowest BCUT2D eigenvalue weighted by molar-refractivity contribution is -0.179. The number of amides is 2. The number of nitrogens with zero attached hydrogens (tertiary/aromatic N) is 5. The molecule has 5 heterocycles. The van der Waals surface area contributed by atoms with Crippen molar-refractivity contribution in [1.82, 2.24) is 25.2 Å². The topological polar surface area (TPSA) is 184 Å². The van der Waals surface area contributed by atoms with Crippen LogP contribution in [0.15, 0.2) is 148 Å². The summed E-state index contributed by atoms with van der Waals surface area (Å²) >= 11 is 5.53. The summed E-state index contributed by atoms with van der Waals surface area (Å²) in [6, 6.07) is 40.1. The van der Waals surface area contributed by atoms with Gasteiger partial charge in [-0.2, -0.15) is 0 Å². The number of aromatic nitrogens is 3. The molecule has 2 aliphatic rings. The number of ether oxygens (including phenoxy) is 3. The van der Waals surface area contributed by atoms with Crippen LogP contribution in [0, 0.1) is 5.41 Å². The van der Waals surface area contributed by atoms with Crippen LogP contribution < -0.4 is 15.4 Å². The molecule has 376 valence electrons. The first kappa shape index (κ1) is 51.1. The molecule has 0 aliphatic carbocycles. The number of fused-ring (bicyclic) bond motifs is 2. The summed E-state index contributed by atoms with van der Waals surface area (Å²) in [5, 5.41) is 12.6. The molecule has 2 unspecified atom stereocenters. The SMILES string of the molecule is COc1ccc(COC(=O)C2(CSc3nc4ncccc4s3)CS[C@@H]3C(NC(=O)C(=NOC(C)(C)C(=O)OC(C)(C)C)c4csc(NC(c5ccccc5)(c5ccccc5)c5ccccc5)n4)C(=O)N3C2)cc1. The van der Waals surface area contributed by atoms with Gasteiger partial charge in [0, 0.05) is 29.6 Å². The fourth-order valence-electron chi connectivity index (χ4n) is 8.33. The van der Waals surface area contributed by atoms with E-state index in [1.54, 1.807) is 56.5 Å². The molecule has 3 atom stereocenters. The summed E-state index contributed by atoms with van der Waals surface area (Å²) in [7, 11) is 1.58. The van der Waals surface area contributed by atoms with Crippen LogP contribution in [0.25, 0.3) is 10.3 Å². The van der Waals surface area contributed by atoms with Crippen molar-refractivity contribution in [2.75, 3.05) is 30.5 Å². The molecular weight excluding hydrogens is 1000 g/mol. The molecule has 0 saturated carbocycles. The van der Waals surface area contributed by atoms with E-state index in [1.807, 2.05) is 115 Å². The van der Waals surface area contributed by atoms with Crippen LogP contribution in [0.4, 0.5) is 5.13 Å². The van der Waals surface area contributed by atoms with Crippen molar-refractivity contribution in [2.45, 2.75) is 73.7 Å². The Morgan fingerprint density at radius 2 is 1.49 bits per heavy atom. The Kier molecular flexibility index (Phi) is 14.9. The molecule has 7 aromatic rings. The Morgan fingerprint density at radius 3 is 2.10 bits per heavy atom. The number of thioether (sulfide) groups is 2. The predicted molar refractivity (Wildman–Crippen MR) is 286 cm³/mol. The Bertz CT molecular complexity index is 3000. The number of carbonyl (C=O) groups is 4. The number of anilines is 1. The molecule has 2 aliphatic heterocycles. The van der Waals surface area contributed by atoms with Gasteiger partial charge in [0.25, 0.3) is 5.91 Å². The van der Waals surface area contributed by atoms with E-state index in [9.17, 15) is 19.2 Å². The van der Waals surface area contributed by atoms with Crippen LogP contribution in [0.1, 0.15) is 62.6 Å². The van der Waals surface area contributed by atoms with E-state index in [2.05, 4.69) is 25.8 Å². The molecule has 0 bridgehead atoms. The lowest BCUT2D eigenvalue weighted by atomic mass is 9.77. The van der Waals surface area contributed by atoms with Crippen LogP contribution in [-0.4, -0.2) is 97.1 Å². The van der Waals surface area contributed by atoms with Crippen molar-refractivity contribution in [2.24, 2.45) is 10.6 Å². The van der Waals surface area contributed by atoms with Gasteiger partial charge in [-0.05, 0) is 81.1 Å². The number of nitrogens with one attached hydrogen (secondary N) is 2. The molecule has 73 heavy (non-hydrogen) atoms. The highest BCUT2D eigenvalue weighted by molar-refractivity contribution is 8.01. The van der Waals surface area contributed by atoms with Gasteiger partial charge in [-0.25, -0.2) is 19.7 Å². The highest BCUT2D eigenvalue weighted by Crippen LogP contribution is 2.46. The minimum atomic E-state index is -1.63. The number of esters is 2. The minimum Gasteiger partial charge on any atom is -0.497 e. The normalized spacial score (nSPS) is 18.0. The summed E-state index contributed by atoms with van der Waals surface area (Å²) in [5.41, 5.74) is -0.431. The van der Waals surface area contributed by atoms with E-state index < -0.39 is 51.4 Å². The number of methoxy groups -OCH3 is 1. The molecule has 4 aromatic carbocycles. The van der Waals surface area contributed by atoms with Gasteiger partial charge in [0.15, 0.2) is 20.8 Å². The number of β-lactam (4-membered cyclic amide) rings is 1. The highest BCUT2D eigenvalue weighted by Gasteiger charge is 2.58. The Balaban J connectivity index is 0.986. The predicted octanol–water partition coefficient (Wildman–Crippen LogP) is 9.32. The van der Waals surface area contributed by atoms with Crippen LogP contribution in [0.2, 0.25) is 0 Å². The molecule has 2 saturated heterocycles. The van der Waals surface area contributed by atoms with E-state index in [0.717, 1.165) is 31.3 Å². The summed E-state index contributed by atoms with van der Waals surface area (Å²) in [4.78, 5) is 78.2. The standard InChI is InChI=1S/C54H53N7O8S4/c1-51(2,3)68-47(64)52(4,5)69-60-41(39-30-70-49(56-39)59-54(35-17-10-7-11-18-35,36-19-12-8-13-20-36)37-21-14-9-15-22-37)44(62)57-42-45(63)61-31-53(32-71-46(42)61,33-72-50-58-43-40(73-50)23-16-28-55-43)48(65)67-29-34-24-26-38(66-6)27-25-34/h7-28,30,42,46H,29,31-33H2,1-6H3,(H,56,59)(H,57,62)/t42?,46-,53?/m1/s1. The molecule has 2 fully saturated rings. The van der Waals surface area contributed by atoms with Gasteiger partial charge in [0.05, 0.1) is 11.8 Å². The van der Waals surface area contributed by atoms with Crippen molar-refractivity contribution < 1.29 is 38.2 Å². The second-order valence-corrected chi connectivity index (χ2v) is 23.2. The van der Waals surface area contributed by atoms with Gasteiger partial charge in [-0.1, -0.05) is 120 Å². The smallest absolute Gasteiger partial charge is 0.353 e. The number of pyridine rings is 1. The number of rotatable bonds is 18. The number of oxime groups is 1. The molecule has 19 heteroatoms. The highest BCUT2D eigenvalue weighted by atomic mass is 32.2. The zero-order valence-corrected chi connectivity index (χ0v) is 44.2. The molecule has 0 spiro atoms. The van der Waals surface area contributed by atoms with Crippen molar-refractivity contribution in [3.8, 4) is 5.75 Å². The van der Waals surface area contributed by atoms with Crippen LogP contribution in [0.3, 0.4) is 0 Å². The van der Waals surface area contributed by atoms with E-state index >= 15 is 0 Å². The Labute approximate surface area is 439 Å². The molecule has 2 N–H and O–H groups in total. The maximum absolute atomic E-state index is 14.7. The van der Waals surface area contributed by atoms with Crippen molar-refractivity contribution >= 4 is 91.1 Å². The Morgan fingerprint density at radius 1 is 0.849 bits per heavy atom. The molecule has 15 nitrogen and oxygen atoms in total. The number of thiazole rings is 2. The van der Waals surface area contributed by atoms with Gasteiger partial charge in [-0.15, -0.1) is 34.4 Å². The fraction of sp³-hybridized carbons (Fsp3) is 0.296. The molecule has 2 amide bonds. The monoisotopic (exact) mass is 1060 g/mol. The Hall–Kier alpha value is -6.80. The summed E-state index contributed by atoms with van der Waals surface area (Å²) in [5.74, 6) is -1.06. The largest absolute Gasteiger partial charge is 0.497 e. The molecular formula is C54H53N7O8S4. The first-order valence-electron chi connectivity index (χ1n) is 23.4. The van der Waals surface area contributed by atoms with Gasteiger partial charge < -0.3 is 34.6 Å². The summed E-state index contributed by atoms with van der Waals surface area (Å²) in [6.45, 7) is 8.28.